The van der Waals surface area contributed by atoms with Gasteiger partial charge in [0.2, 0.25) is 5.82 Å². The van der Waals surface area contributed by atoms with Crippen LogP contribution in [0.15, 0.2) is 27.4 Å². The number of hydrogen-bond donors (Lipinski definition) is 0. The van der Waals surface area contributed by atoms with Crippen LogP contribution in [0.5, 0.6) is 0 Å². The Morgan fingerprint density at radius 1 is 1.17 bits per heavy atom. The largest absolute Gasteiger partial charge is 0.471 e. The Bertz CT molecular complexity index is 961. The molecule has 1 atom stereocenters. The molecule has 0 bridgehead atoms. The Morgan fingerprint density at radius 2 is 2.00 bits per heavy atom. The van der Waals surface area contributed by atoms with Crippen molar-refractivity contribution >= 4 is 0 Å². The summed E-state index contributed by atoms with van der Waals surface area (Å²) in [5, 5.41) is 7.41. The molecule has 154 valence electrons. The highest BCUT2D eigenvalue weighted by atomic mass is 19.4. The van der Waals surface area contributed by atoms with E-state index in [1.54, 1.807) is 6.07 Å². The first kappa shape index (κ1) is 19.6. The standard InChI is InChI=1S/C19H20F3N5O2/c1-11-15(12(2)28-25-11)10-27-7-3-4-14(9-27)16-6-5-13(8-23-16)17-24-18(29-26-17)19(20,21)22/h5-6,8,14H,3-4,7,9-10H2,1-2H3/t14-/m0/s1. The summed E-state index contributed by atoms with van der Waals surface area (Å²) in [7, 11) is 0. The maximum atomic E-state index is 12.6. The van der Waals surface area contributed by atoms with Crippen LogP contribution < -0.4 is 0 Å². The number of rotatable bonds is 4. The first-order valence-electron chi connectivity index (χ1n) is 9.32. The molecule has 10 heteroatoms. The predicted molar refractivity (Wildman–Crippen MR) is 95.8 cm³/mol. The molecular formula is C19H20F3N5O2. The zero-order valence-corrected chi connectivity index (χ0v) is 16.0. The van der Waals surface area contributed by atoms with Crippen LogP contribution in [0, 0.1) is 13.8 Å². The molecule has 1 aliphatic heterocycles. The van der Waals surface area contributed by atoms with Gasteiger partial charge in [-0.25, -0.2) is 0 Å². The summed E-state index contributed by atoms with van der Waals surface area (Å²) in [5.41, 5.74) is 3.31. The van der Waals surface area contributed by atoms with Gasteiger partial charge in [0.25, 0.3) is 0 Å². The second-order valence-corrected chi connectivity index (χ2v) is 7.27. The van der Waals surface area contributed by atoms with Gasteiger partial charge < -0.3 is 9.05 Å². The summed E-state index contributed by atoms with van der Waals surface area (Å²) in [5.74, 6) is -0.404. The highest BCUT2D eigenvalue weighted by molar-refractivity contribution is 5.52. The number of pyridine rings is 1. The zero-order chi connectivity index (χ0) is 20.6. The Morgan fingerprint density at radius 3 is 2.62 bits per heavy atom. The SMILES string of the molecule is Cc1noc(C)c1CN1CCC[C@H](c2ccc(-c3noc(C(F)(F)F)n3)cn2)C1. The third-order valence-corrected chi connectivity index (χ3v) is 5.20. The van der Waals surface area contributed by atoms with Gasteiger partial charge in [0, 0.05) is 42.0 Å². The van der Waals surface area contributed by atoms with E-state index in [1.165, 1.54) is 6.20 Å². The molecule has 29 heavy (non-hydrogen) atoms. The summed E-state index contributed by atoms with van der Waals surface area (Å²) in [6, 6.07) is 3.50. The van der Waals surface area contributed by atoms with Gasteiger partial charge in [0.15, 0.2) is 0 Å². The van der Waals surface area contributed by atoms with Crippen LogP contribution in [-0.4, -0.2) is 38.3 Å². The number of likely N-dealkylation sites (tertiary alicyclic amines) is 1. The fraction of sp³-hybridized carbons (Fsp3) is 0.474. The molecule has 1 fully saturated rings. The average Bonchev–Trinajstić information content (AvgIpc) is 3.31. The third kappa shape index (κ3) is 4.16. The van der Waals surface area contributed by atoms with Gasteiger partial charge in [0.1, 0.15) is 5.76 Å². The number of aryl methyl sites for hydroxylation is 2. The van der Waals surface area contributed by atoms with Crippen molar-refractivity contribution in [3.05, 3.63) is 46.9 Å². The summed E-state index contributed by atoms with van der Waals surface area (Å²) in [6.07, 6.45) is -1.12. The van der Waals surface area contributed by atoms with Crippen molar-refractivity contribution in [2.24, 2.45) is 0 Å². The maximum absolute atomic E-state index is 12.6. The minimum absolute atomic E-state index is 0.125. The van der Waals surface area contributed by atoms with Gasteiger partial charge in [-0.1, -0.05) is 10.3 Å². The number of nitrogens with zero attached hydrogens (tertiary/aromatic N) is 5. The number of alkyl halides is 3. The first-order chi connectivity index (χ1) is 13.8. The maximum Gasteiger partial charge on any atom is 0.471 e. The lowest BCUT2D eigenvalue weighted by Crippen LogP contribution is -2.34. The molecule has 0 aliphatic carbocycles. The molecule has 4 rings (SSSR count). The van der Waals surface area contributed by atoms with E-state index < -0.39 is 12.1 Å². The molecule has 0 radical (unpaired) electrons. The van der Waals surface area contributed by atoms with Crippen LogP contribution in [0.4, 0.5) is 13.2 Å². The van der Waals surface area contributed by atoms with Crippen LogP contribution >= 0.6 is 0 Å². The van der Waals surface area contributed by atoms with Crippen LogP contribution in [0.25, 0.3) is 11.4 Å². The molecule has 7 nitrogen and oxygen atoms in total. The molecule has 4 heterocycles. The van der Waals surface area contributed by atoms with Crippen LogP contribution in [0.1, 0.15) is 47.4 Å². The molecule has 0 unspecified atom stereocenters. The van der Waals surface area contributed by atoms with Crippen LogP contribution in [-0.2, 0) is 12.7 Å². The molecule has 0 saturated carbocycles. The number of halogens is 3. The van der Waals surface area contributed by atoms with Gasteiger partial charge in [-0.3, -0.25) is 9.88 Å². The van der Waals surface area contributed by atoms with Gasteiger partial charge in [-0.2, -0.15) is 18.2 Å². The second kappa shape index (κ2) is 7.58. The molecular weight excluding hydrogens is 387 g/mol. The Labute approximate surface area is 164 Å². The molecule has 1 aliphatic rings. The van der Waals surface area contributed by atoms with Gasteiger partial charge in [0.05, 0.1) is 5.69 Å². The van der Waals surface area contributed by atoms with Crippen molar-refractivity contribution in [1.82, 2.24) is 25.2 Å². The quantitative estimate of drug-likeness (QED) is 0.643. The Hall–Kier alpha value is -2.75. The minimum Gasteiger partial charge on any atom is -0.361 e. The number of piperidine rings is 1. The molecule has 1 saturated heterocycles. The minimum atomic E-state index is -4.66. The number of aromatic nitrogens is 4. The summed E-state index contributed by atoms with van der Waals surface area (Å²) in [6.45, 7) is 6.46. The van der Waals surface area contributed by atoms with Crippen molar-refractivity contribution in [1.29, 1.82) is 0 Å². The third-order valence-electron chi connectivity index (χ3n) is 5.20. The predicted octanol–water partition coefficient (Wildman–Crippen LogP) is 4.13. The van der Waals surface area contributed by atoms with E-state index in [9.17, 15) is 13.2 Å². The molecule has 0 amide bonds. The van der Waals surface area contributed by atoms with Crippen molar-refractivity contribution in [3.8, 4) is 11.4 Å². The number of hydrogen-bond acceptors (Lipinski definition) is 7. The van der Waals surface area contributed by atoms with E-state index in [0.717, 1.165) is 55.2 Å². The van der Waals surface area contributed by atoms with E-state index in [4.69, 9.17) is 4.52 Å². The lowest BCUT2D eigenvalue weighted by atomic mass is 9.93. The van der Waals surface area contributed by atoms with E-state index in [2.05, 4.69) is 29.7 Å². The second-order valence-electron chi connectivity index (χ2n) is 7.27. The lowest BCUT2D eigenvalue weighted by molar-refractivity contribution is -0.159. The van der Waals surface area contributed by atoms with Crippen molar-refractivity contribution in [2.75, 3.05) is 13.1 Å². The fourth-order valence-electron chi connectivity index (χ4n) is 3.63. The zero-order valence-electron chi connectivity index (χ0n) is 16.0. The molecule has 0 spiro atoms. The fourth-order valence-corrected chi connectivity index (χ4v) is 3.63. The van der Waals surface area contributed by atoms with Gasteiger partial charge in [-0.15, -0.1) is 0 Å². The van der Waals surface area contributed by atoms with E-state index >= 15 is 0 Å². The molecule has 3 aromatic heterocycles. The smallest absolute Gasteiger partial charge is 0.361 e. The highest BCUT2D eigenvalue weighted by Gasteiger charge is 2.38. The van der Waals surface area contributed by atoms with Crippen LogP contribution in [0.2, 0.25) is 0 Å². The summed E-state index contributed by atoms with van der Waals surface area (Å²) >= 11 is 0. The van der Waals surface area contributed by atoms with E-state index in [-0.39, 0.29) is 11.7 Å². The summed E-state index contributed by atoms with van der Waals surface area (Å²) in [4.78, 5) is 10.2. The van der Waals surface area contributed by atoms with Crippen molar-refractivity contribution < 1.29 is 22.2 Å². The normalized spacial score (nSPS) is 18.3. The summed E-state index contributed by atoms with van der Waals surface area (Å²) < 4.78 is 47.4. The lowest BCUT2D eigenvalue weighted by Gasteiger charge is -2.32. The van der Waals surface area contributed by atoms with Gasteiger partial charge in [-0.05, 0) is 45.4 Å². The van der Waals surface area contributed by atoms with Crippen LogP contribution in [0.3, 0.4) is 0 Å². The average molecular weight is 407 g/mol. The molecule has 0 N–H and O–H groups in total. The molecule has 0 aromatic carbocycles. The van der Waals surface area contributed by atoms with E-state index in [1.807, 2.05) is 19.9 Å². The van der Waals surface area contributed by atoms with Gasteiger partial charge >= 0.3 is 12.1 Å². The topological polar surface area (TPSA) is 81.1 Å². The van der Waals surface area contributed by atoms with Crippen molar-refractivity contribution in [3.63, 3.8) is 0 Å². The van der Waals surface area contributed by atoms with Crippen molar-refractivity contribution in [2.45, 2.75) is 45.3 Å². The Kier molecular flexibility index (Phi) is 5.12. The molecule has 3 aromatic rings. The monoisotopic (exact) mass is 407 g/mol. The highest BCUT2D eigenvalue weighted by Crippen LogP contribution is 2.31. The Balaban J connectivity index is 1.45. The van der Waals surface area contributed by atoms with E-state index in [0.29, 0.717) is 5.56 Å². The first-order valence-corrected chi connectivity index (χ1v) is 9.32.